The van der Waals surface area contributed by atoms with Crippen molar-refractivity contribution < 1.29 is 4.74 Å². The summed E-state index contributed by atoms with van der Waals surface area (Å²) in [5.74, 6) is 0.831. The van der Waals surface area contributed by atoms with Crippen LogP contribution in [-0.4, -0.2) is 18.3 Å². The van der Waals surface area contributed by atoms with Crippen LogP contribution < -0.4 is 10.3 Å². The summed E-state index contributed by atoms with van der Waals surface area (Å²) in [5.41, 5.74) is 1.87. The summed E-state index contributed by atoms with van der Waals surface area (Å²) in [6.07, 6.45) is 5.83. The Morgan fingerprint density at radius 1 is 1.11 bits per heavy atom. The summed E-state index contributed by atoms with van der Waals surface area (Å²) < 4.78 is 5.11. The minimum atomic E-state index is -0.0822. The molecule has 1 aromatic carbocycles. The van der Waals surface area contributed by atoms with Crippen LogP contribution in [-0.2, 0) is 0 Å². The third kappa shape index (κ3) is 3.76. The monoisotopic (exact) mass is 273 g/mol. The zero-order chi connectivity index (χ0) is 13.7. The van der Waals surface area contributed by atoms with Crippen LogP contribution in [0.25, 0.3) is 12.2 Å². The van der Waals surface area contributed by atoms with Crippen LogP contribution in [0.5, 0.6) is 5.75 Å². The Kier molecular flexibility index (Phi) is 4.47. The lowest BCUT2D eigenvalue weighted by molar-refractivity contribution is 0.415. The maximum absolute atomic E-state index is 11.4. The molecule has 0 unspecified atom stereocenters. The summed E-state index contributed by atoms with van der Waals surface area (Å²) in [7, 11) is 1.64. The fourth-order valence-electron chi connectivity index (χ4n) is 1.65. The topological polar surface area (TPSA) is 42.1 Å². The van der Waals surface area contributed by atoms with E-state index in [1.807, 2.05) is 48.7 Å². The van der Waals surface area contributed by atoms with Gasteiger partial charge in [-0.1, -0.05) is 24.3 Å². The molecular formula is C15H15NO2S. The van der Waals surface area contributed by atoms with Crippen molar-refractivity contribution in [1.82, 2.24) is 4.98 Å². The maximum atomic E-state index is 11.4. The van der Waals surface area contributed by atoms with E-state index in [-0.39, 0.29) is 5.56 Å². The molecule has 1 aromatic heterocycles. The summed E-state index contributed by atoms with van der Waals surface area (Å²) in [4.78, 5) is 14.2. The van der Waals surface area contributed by atoms with Crippen molar-refractivity contribution in [2.24, 2.45) is 0 Å². The fraction of sp³-hybridized carbons (Fsp3) is 0.133. The molecule has 0 spiro atoms. The van der Waals surface area contributed by atoms with Gasteiger partial charge in [0, 0.05) is 6.07 Å². The second-order valence-electron chi connectivity index (χ2n) is 3.95. The predicted molar refractivity (Wildman–Crippen MR) is 80.8 cm³/mol. The van der Waals surface area contributed by atoms with Crippen LogP contribution in [0.4, 0.5) is 0 Å². The molecule has 0 radical (unpaired) electrons. The number of hydrogen-bond donors (Lipinski definition) is 1. The van der Waals surface area contributed by atoms with Crippen LogP contribution in [0.2, 0.25) is 0 Å². The highest BCUT2D eigenvalue weighted by Gasteiger charge is 1.96. The summed E-state index contributed by atoms with van der Waals surface area (Å²) in [6, 6.07) is 11.3. The first-order valence-electron chi connectivity index (χ1n) is 5.82. The van der Waals surface area contributed by atoms with E-state index in [1.165, 1.54) is 11.8 Å². The van der Waals surface area contributed by atoms with Gasteiger partial charge in [0.15, 0.2) is 0 Å². The predicted octanol–water partition coefficient (Wildman–Crippen LogP) is 3.28. The average Bonchev–Trinajstić information content (AvgIpc) is 2.45. The van der Waals surface area contributed by atoms with Crippen molar-refractivity contribution in [3.63, 3.8) is 0 Å². The molecule has 0 saturated carbocycles. The van der Waals surface area contributed by atoms with Gasteiger partial charge >= 0.3 is 0 Å². The van der Waals surface area contributed by atoms with Gasteiger partial charge in [0.2, 0.25) is 5.56 Å². The van der Waals surface area contributed by atoms with Crippen molar-refractivity contribution in [3.05, 3.63) is 57.9 Å². The molecule has 1 N–H and O–H groups in total. The van der Waals surface area contributed by atoms with E-state index in [2.05, 4.69) is 4.98 Å². The third-order valence-corrected chi connectivity index (χ3v) is 3.31. The highest BCUT2D eigenvalue weighted by Crippen LogP contribution is 2.15. The Morgan fingerprint density at radius 2 is 1.79 bits per heavy atom. The average molecular weight is 273 g/mol. The van der Waals surface area contributed by atoms with Gasteiger partial charge in [-0.05, 0) is 35.6 Å². The number of thioether (sulfide) groups is 1. The minimum Gasteiger partial charge on any atom is -0.497 e. The zero-order valence-electron chi connectivity index (χ0n) is 10.8. The van der Waals surface area contributed by atoms with Crippen molar-refractivity contribution in [2.45, 2.75) is 5.03 Å². The fourth-order valence-corrected chi connectivity index (χ4v) is 2.11. The molecule has 3 nitrogen and oxygen atoms in total. The Labute approximate surface area is 116 Å². The number of H-pyrrole nitrogens is 1. The molecule has 98 valence electrons. The molecule has 2 aromatic rings. The van der Waals surface area contributed by atoms with E-state index >= 15 is 0 Å². The number of ether oxygens (including phenoxy) is 1. The SMILES string of the molecule is COc1ccc(/C=C/c2cc(SC)[nH]c(=O)c2)cc1. The Balaban J connectivity index is 2.21. The zero-order valence-corrected chi connectivity index (χ0v) is 11.7. The molecule has 0 aliphatic heterocycles. The van der Waals surface area contributed by atoms with E-state index in [1.54, 1.807) is 13.2 Å². The number of hydrogen-bond acceptors (Lipinski definition) is 3. The molecule has 0 fully saturated rings. The third-order valence-electron chi connectivity index (χ3n) is 2.65. The summed E-state index contributed by atoms with van der Waals surface area (Å²) >= 11 is 1.52. The maximum Gasteiger partial charge on any atom is 0.249 e. The molecule has 1 heterocycles. The molecule has 19 heavy (non-hydrogen) atoms. The number of aromatic amines is 1. The minimum absolute atomic E-state index is 0.0822. The number of methoxy groups -OCH3 is 1. The number of nitrogens with one attached hydrogen (secondary N) is 1. The molecule has 0 aliphatic carbocycles. The lowest BCUT2D eigenvalue weighted by Crippen LogP contribution is -2.04. The summed E-state index contributed by atoms with van der Waals surface area (Å²) in [5, 5.41) is 0.863. The molecule has 0 amide bonds. The highest BCUT2D eigenvalue weighted by atomic mass is 32.2. The van der Waals surface area contributed by atoms with E-state index in [4.69, 9.17) is 4.74 Å². The Hall–Kier alpha value is -1.94. The Bertz CT molecular complexity index is 629. The van der Waals surface area contributed by atoms with Crippen molar-refractivity contribution in [2.75, 3.05) is 13.4 Å². The van der Waals surface area contributed by atoms with E-state index in [0.717, 1.165) is 21.9 Å². The molecule has 0 saturated heterocycles. The molecule has 0 atom stereocenters. The smallest absolute Gasteiger partial charge is 0.249 e. The number of aromatic nitrogens is 1. The van der Waals surface area contributed by atoms with Crippen LogP contribution in [0.15, 0.2) is 46.2 Å². The largest absolute Gasteiger partial charge is 0.497 e. The van der Waals surface area contributed by atoms with Gasteiger partial charge in [-0.15, -0.1) is 11.8 Å². The lowest BCUT2D eigenvalue weighted by Gasteiger charge is -2.00. The quantitative estimate of drug-likeness (QED) is 0.869. The normalized spacial score (nSPS) is 10.8. The first kappa shape index (κ1) is 13.5. The molecule has 0 aliphatic rings. The first-order chi connectivity index (χ1) is 9.21. The van der Waals surface area contributed by atoms with Crippen LogP contribution >= 0.6 is 11.8 Å². The van der Waals surface area contributed by atoms with Crippen LogP contribution in [0, 0.1) is 0 Å². The van der Waals surface area contributed by atoms with E-state index < -0.39 is 0 Å². The number of benzene rings is 1. The van der Waals surface area contributed by atoms with Crippen LogP contribution in [0.3, 0.4) is 0 Å². The first-order valence-corrected chi connectivity index (χ1v) is 7.04. The molecule has 4 heteroatoms. The van der Waals surface area contributed by atoms with Gasteiger partial charge in [-0.2, -0.15) is 0 Å². The summed E-state index contributed by atoms with van der Waals surface area (Å²) in [6.45, 7) is 0. The van der Waals surface area contributed by atoms with Gasteiger partial charge in [-0.3, -0.25) is 4.79 Å². The number of pyridine rings is 1. The van der Waals surface area contributed by atoms with Gasteiger partial charge < -0.3 is 9.72 Å². The van der Waals surface area contributed by atoms with Crippen molar-refractivity contribution in [1.29, 1.82) is 0 Å². The molecular weight excluding hydrogens is 258 g/mol. The van der Waals surface area contributed by atoms with Crippen molar-refractivity contribution >= 4 is 23.9 Å². The number of rotatable bonds is 4. The van der Waals surface area contributed by atoms with E-state index in [9.17, 15) is 4.79 Å². The van der Waals surface area contributed by atoms with Gasteiger partial charge in [0.1, 0.15) is 5.75 Å². The Morgan fingerprint density at radius 3 is 2.42 bits per heavy atom. The highest BCUT2D eigenvalue weighted by molar-refractivity contribution is 7.98. The van der Waals surface area contributed by atoms with Crippen LogP contribution in [0.1, 0.15) is 11.1 Å². The van der Waals surface area contributed by atoms with Gasteiger partial charge in [0.25, 0.3) is 0 Å². The second kappa shape index (κ2) is 6.29. The lowest BCUT2D eigenvalue weighted by atomic mass is 10.1. The van der Waals surface area contributed by atoms with E-state index in [0.29, 0.717) is 0 Å². The van der Waals surface area contributed by atoms with Gasteiger partial charge in [0.05, 0.1) is 12.1 Å². The molecule has 0 bridgehead atoms. The standard InChI is InChI=1S/C15H15NO2S/c1-18-13-7-5-11(6-8-13)3-4-12-9-14(17)16-15(10-12)19-2/h3-10H,1-2H3,(H,16,17)/b4-3+. The van der Waals surface area contributed by atoms with Gasteiger partial charge in [-0.25, -0.2) is 0 Å². The van der Waals surface area contributed by atoms with Crippen molar-refractivity contribution in [3.8, 4) is 5.75 Å². The second-order valence-corrected chi connectivity index (χ2v) is 4.80. The molecule has 2 rings (SSSR count).